The molecule has 0 fully saturated rings. The Morgan fingerprint density at radius 3 is 2.20 bits per heavy atom. The molecule has 0 unspecified atom stereocenters. The summed E-state index contributed by atoms with van der Waals surface area (Å²) in [5, 5.41) is 10.5. The molecule has 0 atom stereocenters. The van der Waals surface area contributed by atoms with Gasteiger partial charge >= 0.3 is 0 Å². The second-order valence-electron chi connectivity index (χ2n) is 4.08. The predicted octanol–water partition coefficient (Wildman–Crippen LogP) is 1.88. The lowest BCUT2D eigenvalue weighted by molar-refractivity contribution is -0.384. The molecule has 0 aliphatic heterocycles. The molecule has 0 heterocycles. The van der Waals surface area contributed by atoms with Crippen LogP contribution < -0.4 is 10.9 Å². The predicted molar refractivity (Wildman–Crippen MR) is 74.9 cm³/mol. The van der Waals surface area contributed by atoms with Gasteiger partial charge in [0, 0.05) is 17.7 Å². The molecule has 1 aromatic rings. The molecular formula is C14H13N3O3. The number of non-ortho nitro benzene ring substituents is 1. The van der Waals surface area contributed by atoms with Crippen molar-refractivity contribution in [2.24, 2.45) is 0 Å². The Hall–Kier alpha value is -2.73. The van der Waals surface area contributed by atoms with E-state index in [-0.39, 0.29) is 17.6 Å². The first-order valence-electron chi connectivity index (χ1n) is 5.99. The molecule has 0 saturated heterocycles. The first kappa shape index (κ1) is 13.7. The van der Waals surface area contributed by atoms with Gasteiger partial charge in [-0.2, -0.15) is 0 Å². The molecule has 2 N–H and O–H groups in total. The topological polar surface area (TPSA) is 84.3 Å². The third-order valence-corrected chi connectivity index (χ3v) is 2.66. The molecule has 0 aromatic heterocycles. The molecule has 0 spiro atoms. The normalized spacial score (nSPS) is 14.0. The van der Waals surface area contributed by atoms with E-state index in [0.29, 0.717) is 5.56 Å². The minimum Gasteiger partial charge on any atom is -0.287 e. The van der Waals surface area contributed by atoms with Gasteiger partial charge in [0.25, 0.3) is 11.6 Å². The first-order valence-corrected chi connectivity index (χ1v) is 5.99. The number of hydrazine groups is 1. The van der Waals surface area contributed by atoms with E-state index in [1.54, 1.807) is 0 Å². The third kappa shape index (κ3) is 3.63. The number of nitro benzene ring substituents is 1. The van der Waals surface area contributed by atoms with Crippen LogP contribution in [0.25, 0.3) is 0 Å². The highest BCUT2D eigenvalue weighted by Crippen LogP contribution is 2.11. The fourth-order valence-corrected chi connectivity index (χ4v) is 1.61. The summed E-state index contributed by atoms with van der Waals surface area (Å²) < 4.78 is 0. The van der Waals surface area contributed by atoms with Crippen molar-refractivity contribution in [3.8, 4) is 0 Å². The summed E-state index contributed by atoms with van der Waals surface area (Å²) >= 11 is 0. The van der Waals surface area contributed by atoms with Crippen LogP contribution >= 0.6 is 0 Å². The van der Waals surface area contributed by atoms with E-state index in [4.69, 9.17) is 0 Å². The maximum Gasteiger partial charge on any atom is 0.269 e. The molecule has 0 radical (unpaired) electrons. The number of carbonyl (C=O) groups excluding carboxylic acids is 1. The molecule has 1 aromatic carbocycles. The number of rotatable bonds is 4. The maximum absolute atomic E-state index is 11.8. The van der Waals surface area contributed by atoms with Crippen LogP contribution in [-0.4, -0.2) is 16.9 Å². The summed E-state index contributed by atoms with van der Waals surface area (Å²) in [5.74, 6) is -0.348. The van der Waals surface area contributed by atoms with Crippen molar-refractivity contribution in [3.63, 3.8) is 0 Å². The Morgan fingerprint density at radius 2 is 1.65 bits per heavy atom. The molecule has 1 aliphatic carbocycles. The minimum atomic E-state index is -0.506. The van der Waals surface area contributed by atoms with E-state index < -0.39 is 4.92 Å². The Kier molecular flexibility index (Phi) is 4.41. The van der Waals surface area contributed by atoms with Crippen molar-refractivity contribution in [2.45, 2.75) is 6.04 Å². The Bertz CT molecular complexity index is 572. The highest BCUT2D eigenvalue weighted by molar-refractivity contribution is 5.94. The van der Waals surface area contributed by atoms with Crippen molar-refractivity contribution in [1.82, 2.24) is 10.9 Å². The summed E-state index contributed by atoms with van der Waals surface area (Å²) in [6.45, 7) is 0. The lowest BCUT2D eigenvalue weighted by Gasteiger charge is -2.11. The number of allylic oxidation sites excluding steroid dienone is 4. The quantitative estimate of drug-likeness (QED) is 0.647. The average molecular weight is 271 g/mol. The highest BCUT2D eigenvalue weighted by atomic mass is 16.6. The smallest absolute Gasteiger partial charge is 0.269 e. The van der Waals surface area contributed by atoms with Crippen LogP contribution in [0.5, 0.6) is 0 Å². The lowest BCUT2D eigenvalue weighted by atomic mass is 10.2. The third-order valence-electron chi connectivity index (χ3n) is 2.66. The Labute approximate surface area is 115 Å². The van der Waals surface area contributed by atoms with Crippen molar-refractivity contribution >= 4 is 11.6 Å². The molecule has 0 bridgehead atoms. The van der Waals surface area contributed by atoms with Crippen LogP contribution in [0.2, 0.25) is 0 Å². The molecule has 1 amide bonds. The van der Waals surface area contributed by atoms with E-state index in [1.165, 1.54) is 24.3 Å². The van der Waals surface area contributed by atoms with Crippen LogP contribution in [0.1, 0.15) is 10.4 Å². The van der Waals surface area contributed by atoms with Gasteiger partial charge in [0.2, 0.25) is 0 Å². The van der Waals surface area contributed by atoms with Crippen LogP contribution in [0, 0.1) is 10.1 Å². The van der Waals surface area contributed by atoms with Crippen molar-refractivity contribution in [1.29, 1.82) is 0 Å². The van der Waals surface area contributed by atoms with E-state index in [0.717, 1.165) is 0 Å². The number of benzene rings is 1. The molecule has 6 nitrogen and oxygen atoms in total. The number of hydrogen-bond donors (Lipinski definition) is 2. The van der Waals surface area contributed by atoms with Gasteiger partial charge in [-0.25, -0.2) is 5.43 Å². The highest BCUT2D eigenvalue weighted by Gasteiger charge is 2.10. The molecule has 2 rings (SSSR count). The molecule has 1 aliphatic rings. The van der Waals surface area contributed by atoms with Gasteiger partial charge in [0.15, 0.2) is 0 Å². The van der Waals surface area contributed by atoms with Crippen LogP contribution in [-0.2, 0) is 0 Å². The summed E-state index contributed by atoms with van der Waals surface area (Å²) in [6.07, 6.45) is 11.3. The zero-order chi connectivity index (χ0) is 14.4. The van der Waals surface area contributed by atoms with E-state index in [9.17, 15) is 14.9 Å². The van der Waals surface area contributed by atoms with E-state index in [1.807, 2.05) is 36.5 Å². The SMILES string of the molecule is O=C(NNC1C=CC=CC=C1)c1ccc([N+](=O)[O-])cc1. The zero-order valence-electron chi connectivity index (χ0n) is 10.5. The summed E-state index contributed by atoms with van der Waals surface area (Å²) in [4.78, 5) is 21.9. The summed E-state index contributed by atoms with van der Waals surface area (Å²) in [5.41, 5.74) is 5.71. The van der Waals surface area contributed by atoms with Gasteiger partial charge in [-0.05, 0) is 12.1 Å². The fourth-order valence-electron chi connectivity index (χ4n) is 1.61. The van der Waals surface area contributed by atoms with Crippen molar-refractivity contribution < 1.29 is 9.72 Å². The van der Waals surface area contributed by atoms with E-state index in [2.05, 4.69) is 10.9 Å². The molecular weight excluding hydrogens is 258 g/mol. The largest absolute Gasteiger partial charge is 0.287 e. The van der Waals surface area contributed by atoms with Gasteiger partial charge in [-0.15, -0.1) is 0 Å². The second kappa shape index (κ2) is 6.44. The number of nitrogens with zero attached hydrogens (tertiary/aromatic N) is 1. The van der Waals surface area contributed by atoms with Gasteiger partial charge in [0.05, 0.1) is 11.0 Å². The van der Waals surface area contributed by atoms with Gasteiger partial charge in [-0.3, -0.25) is 20.3 Å². The average Bonchev–Trinajstić information content (AvgIpc) is 2.73. The summed E-state index contributed by atoms with van der Waals surface area (Å²) in [6, 6.07) is 5.31. The van der Waals surface area contributed by atoms with Crippen LogP contribution in [0.15, 0.2) is 60.7 Å². The van der Waals surface area contributed by atoms with Crippen LogP contribution in [0.4, 0.5) is 5.69 Å². The molecule has 0 saturated carbocycles. The maximum atomic E-state index is 11.8. The first-order chi connectivity index (χ1) is 9.66. The minimum absolute atomic E-state index is 0.0461. The number of nitro groups is 1. The Balaban J connectivity index is 1.93. The fraction of sp³-hybridized carbons (Fsp3) is 0.0714. The second-order valence-corrected chi connectivity index (χ2v) is 4.08. The Morgan fingerprint density at radius 1 is 1.05 bits per heavy atom. The van der Waals surface area contributed by atoms with Gasteiger partial charge in [-0.1, -0.05) is 36.5 Å². The standard InChI is InChI=1S/C14H13N3O3/c18-14(11-7-9-13(10-8-11)17(19)20)16-15-12-5-3-1-2-4-6-12/h1-10,12,15H,(H,16,18). The lowest BCUT2D eigenvalue weighted by Crippen LogP contribution is -2.42. The van der Waals surface area contributed by atoms with Crippen molar-refractivity contribution in [3.05, 3.63) is 76.4 Å². The molecule has 6 heteroatoms. The zero-order valence-corrected chi connectivity index (χ0v) is 10.5. The molecule has 20 heavy (non-hydrogen) atoms. The van der Waals surface area contributed by atoms with E-state index >= 15 is 0 Å². The van der Waals surface area contributed by atoms with Crippen LogP contribution in [0.3, 0.4) is 0 Å². The number of carbonyl (C=O) groups is 1. The number of hydrogen-bond acceptors (Lipinski definition) is 4. The van der Waals surface area contributed by atoms with Gasteiger partial charge < -0.3 is 0 Å². The van der Waals surface area contributed by atoms with Crippen molar-refractivity contribution in [2.75, 3.05) is 0 Å². The van der Waals surface area contributed by atoms with Gasteiger partial charge in [0.1, 0.15) is 0 Å². The number of amides is 1. The summed E-state index contributed by atoms with van der Waals surface area (Å²) in [7, 11) is 0. The number of nitrogens with one attached hydrogen (secondary N) is 2. The molecule has 102 valence electrons. The monoisotopic (exact) mass is 271 g/mol.